The second-order valence-electron chi connectivity index (χ2n) is 6.78. The molecule has 0 aromatic heterocycles. The first-order valence-corrected chi connectivity index (χ1v) is 15.8. The summed E-state index contributed by atoms with van der Waals surface area (Å²) in [6.45, 7) is 4.36. The van der Waals surface area contributed by atoms with E-state index in [-0.39, 0.29) is 11.8 Å². The van der Waals surface area contributed by atoms with Crippen LogP contribution >= 0.6 is 136 Å². The van der Waals surface area contributed by atoms with Crippen LogP contribution in [-0.4, -0.2) is 24.9 Å². The summed E-state index contributed by atoms with van der Waals surface area (Å²) in [6, 6.07) is 0. The third-order valence-corrected chi connectivity index (χ3v) is 10.9. The summed E-state index contributed by atoms with van der Waals surface area (Å²) in [5.41, 5.74) is 17.1. The van der Waals surface area contributed by atoms with Crippen molar-refractivity contribution in [1.82, 2.24) is 0 Å². The fraction of sp³-hybridized carbons (Fsp3) is 0.263. The van der Waals surface area contributed by atoms with Crippen LogP contribution in [-0.2, 0) is 9.59 Å². The number of anilines is 6. The maximum absolute atomic E-state index is 11.6. The van der Waals surface area contributed by atoms with Crippen LogP contribution in [0.2, 0.25) is 0 Å². The molecule has 8 nitrogen and oxygen atoms in total. The minimum absolute atomic E-state index is 0.138. The fourth-order valence-corrected chi connectivity index (χ4v) is 10.4. The van der Waals surface area contributed by atoms with Gasteiger partial charge in [-0.05, 0) is 142 Å². The topological polar surface area (TPSA) is 134 Å². The van der Waals surface area contributed by atoms with Gasteiger partial charge in [-0.1, -0.05) is 0 Å². The van der Waals surface area contributed by atoms with Gasteiger partial charge >= 0.3 is 0 Å². The maximum Gasteiger partial charge on any atom is 0.221 e. The molecule has 0 atom stereocenters. The van der Waals surface area contributed by atoms with Crippen molar-refractivity contribution in [2.75, 3.05) is 45.8 Å². The van der Waals surface area contributed by atoms with E-state index in [2.05, 4.69) is 157 Å². The van der Waals surface area contributed by atoms with Gasteiger partial charge in [0.1, 0.15) is 0 Å². The maximum atomic E-state index is 11.6. The van der Waals surface area contributed by atoms with Crippen molar-refractivity contribution in [1.29, 1.82) is 0 Å². The molecule has 14 heteroatoms. The predicted molar refractivity (Wildman–Crippen MR) is 188 cm³/mol. The zero-order valence-electron chi connectivity index (χ0n) is 17.4. The lowest BCUT2D eigenvalue weighted by atomic mass is 10.2. The highest BCUT2D eigenvalue weighted by molar-refractivity contribution is 14.1. The first-order chi connectivity index (χ1) is 15.4. The summed E-state index contributed by atoms with van der Waals surface area (Å²) in [5, 5.41) is 12.7. The van der Waals surface area contributed by atoms with E-state index < -0.39 is 0 Å². The molecule has 33 heavy (non-hydrogen) atoms. The number of nitrogens with two attached hydrogens (primary N) is 2. The number of carbonyl (C=O) groups excluding carboxylic acids is 2. The Bertz CT molecular complexity index is 1030. The van der Waals surface area contributed by atoms with Crippen LogP contribution in [0.15, 0.2) is 0 Å². The molecule has 0 aliphatic carbocycles. The molecule has 0 fully saturated rings. The Kier molecular flexibility index (Phi) is 12.3. The van der Waals surface area contributed by atoms with Crippen molar-refractivity contribution in [3.8, 4) is 0 Å². The SMILES string of the molecule is CC(=O)Nc1c(I)c(N)c(I)c(NCCCNc2c(I)c(N)c(I)c(NC(C)=O)c2I)c1I. The Morgan fingerprint density at radius 1 is 0.606 bits per heavy atom. The average Bonchev–Trinajstić information content (AvgIpc) is 2.75. The zero-order chi connectivity index (χ0) is 25.0. The van der Waals surface area contributed by atoms with E-state index in [9.17, 15) is 9.59 Å². The molecule has 0 radical (unpaired) electrons. The van der Waals surface area contributed by atoms with E-state index in [0.717, 1.165) is 50.6 Å². The van der Waals surface area contributed by atoms with E-state index >= 15 is 0 Å². The molecule has 8 N–H and O–H groups in total. The van der Waals surface area contributed by atoms with Gasteiger partial charge < -0.3 is 32.7 Å². The highest BCUT2D eigenvalue weighted by atomic mass is 127. The number of benzene rings is 2. The van der Waals surface area contributed by atoms with Crippen LogP contribution in [0.5, 0.6) is 0 Å². The van der Waals surface area contributed by atoms with Crippen molar-refractivity contribution in [3.05, 3.63) is 21.4 Å². The molecule has 2 aromatic carbocycles. The summed E-state index contributed by atoms with van der Waals surface area (Å²) in [5.74, 6) is -0.276. The quantitative estimate of drug-likeness (QED) is 0.104. The Hall–Kier alpha value is 0.960. The smallest absolute Gasteiger partial charge is 0.221 e. The molecule has 0 aliphatic rings. The fourth-order valence-electron chi connectivity index (χ4n) is 2.76. The van der Waals surface area contributed by atoms with Crippen molar-refractivity contribution in [3.63, 3.8) is 0 Å². The van der Waals surface area contributed by atoms with Crippen LogP contribution < -0.4 is 32.7 Å². The summed E-state index contributed by atoms with van der Waals surface area (Å²) in [4.78, 5) is 23.2. The van der Waals surface area contributed by atoms with Gasteiger partial charge in [-0.25, -0.2) is 0 Å². The van der Waals surface area contributed by atoms with E-state index in [1.807, 2.05) is 0 Å². The van der Waals surface area contributed by atoms with Gasteiger partial charge in [0, 0.05) is 26.9 Å². The van der Waals surface area contributed by atoms with E-state index in [1.165, 1.54) is 13.8 Å². The predicted octanol–water partition coefficient (Wildman–Crippen LogP) is 6.31. The van der Waals surface area contributed by atoms with Crippen molar-refractivity contribution in [2.45, 2.75) is 20.3 Å². The minimum Gasteiger partial charge on any atom is -0.397 e. The third kappa shape index (κ3) is 7.49. The lowest BCUT2D eigenvalue weighted by molar-refractivity contribution is -0.115. The molecule has 0 bridgehead atoms. The summed E-state index contributed by atoms with van der Waals surface area (Å²) in [6.07, 6.45) is 0.820. The lowest BCUT2D eigenvalue weighted by Crippen LogP contribution is -2.17. The molecule has 0 spiro atoms. The van der Waals surface area contributed by atoms with Crippen LogP contribution in [0.3, 0.4) is 0 Å². The van der Waals surface area contributed by atoms with E-state index in [4.69, 9.17) is 11.5 Å². The summed E-state index contributed by atoms with van der Waals surface area (Å²) in [7, 11) is 0. The number of nitrogen functional groups attached to an aromatic ring is 2. The largest absolute Gasteiger partial charge is 0.397 e. The minimum atomic E-state index is -0.138. The van der Waals surface area contributed by atoms with Crippen LogP contribution in [0, 0.1) is 21.4 Å². The van der Waals surface area contributed by atoms with Gasteiger partial charge in [0.2, 0.25) is 11.8 Å². The second kappa shape index (κ2) is 13.5. The Balaban J connectivity index is 2.13. The molecular weight excluding hydrogens is 1110 g/mol. The molecular formula is C19H20I6N6O2. The number of hydrogen-bond acceptors (Lipinski definition) is 6. The van der Waals surface area contributed by atoms with Gasteiger partial charge in [0.05, 0.1) is 55.5 Å². The molecule has 2 amide bonds. The molecule has 2 rings (SSSR count). The standard InChI is InChI=1S/C19H20I6N6O2/c1-6(32)30-18-10(22)14(26)8(20)16(12(18)24)28-4-3-5-29-17-9(21)15(27)11(23)19(13(17)25)31-7(2)33/h28-29H,3-5,26-27H2,1-2H3,(H,30,32)(H,31,33). The number of halogens is 6. The van der Waals surface area contributed by atoms with Gasteiger partial charge in [-0.3, -0.25) is 9.59 Å². The van der Waals surface area contributed by atoms with Crippen LogP contribution in [0.25, 0.3) is 0 Å². The average molecular weight is 1130 g/mol. The van der Waals surface area contributed by atoms with Crippen molar-refractivity contribution in [2.24, 2.45) is 0 Å². The molecule has 0 aliphatic heterocycles. The van der Waals surface area contributed by atoms with Gasteiger partial charge in [-0.2, -0.15) is 0 Å². The molecule has 0 saturated carbocycles. The van der Waals surface area contributed by atoms with Crippen LogP contribution in [0.4, 0.5) is 34.1 Å². The molecule has 0 unspecified atom stereocenters. The number of carbonyl (C=O) groups is 2. The normalized spacial score (nSPS) is 10.7. The van der Waals surface area contributed by atoms with E-state index in [0.29, 0.717) is 24.5 Å². The van der Waals surface area contributed by atoms with E-state index in [1.54, 1.807) is 0 Å². The van der Waals surface area contributed by atoms with Gasteiger partial charge in [0.15, 0.2) is 0 Å². The number of nitrogens with one attached hydrogen (secondary N) is 4. The Morgan fingerprint density at radius 2 is 0.909 bits per heavy atom. The van der Waals surface area contributed by atoms with Crippen LogP contribution in [0.1, 0.15) is 20.3 Å². The summed E-state index contributed by atoms with van der Waals surface area (Å²) < 4.78 is 5.37. The Labute approximate surface area is 274 Å². The number of amides is 2. The van der Waals surface area contributed by atoms with Crippen molar-refractivity contribution < 1.29 is 9.59 Å². The zero-order valence-corrected chi connectivity index (χ0v) is 30.3. The Morgan fingerprint density at radius 3 is 1.21 bits per heavy atom. The highest BCUT2D eigenvalue weighted by Gasteiger charge is 2.20. The molecule has 0 heterocycles. The molecule has 180 valence electrons. The molecule has 0 saturated heterocycles. The summed E-state index contributed by atoms with van der Waals surface area (Å²) >= 11 is 13.2. The van der Waals surface area contributed by atoms with Gasteiger partial charge in [0.25, 0.3) is 0 Å². The first kappa shape index (κ1) is 30.2. The highest BCUT2D eigenvalue weighted by Crippen LogP contribution is 2.41. The molecule has 2 aromatic rings. The first-order valence-electron chi connectivity index (χ1n) is 9.33. The monoisotopic (exact) mass is 1130 g/mol. The third-order valence-electron chi connectivity index (χ3n) is 4.26. The second-order valence-corrected chi connectivity index (χ2v) is 13.3. The number of hydrogen-bond donors (Lipinski definition) is 6. The van der Waals surface area contributed by atoms with Crippen molar-refractivity contribution >= 4 is 181 Å². The van der Waals surface area contributed by atoms with Gasteiger partial charge in [-0.15, -0.1) is 0 Å². The lowest BCUT2D eigenvalue weighted by Gasteiger charge is -2.20. The number of rotatable bonds is 8.